The lowest BCUT2D eigenvalue weighted by molar-refractivity contribution is -0.175. The molecule has 1 aliphatic carbocycles. The molecule has 0 N–H and O–H groups in total. The van der Waals surface area contributed by atoms with Crippen molar-refractivity contribution in [3.63, 3.8) is 0 Å². The molecule has 1 aromatic rings. The Morgan fingerprint density at radius 3 is 2.81 bits per heavy atom. The molecule has 0 radical (unpaired) electrons. The van der Waals surface area contributed by atoms with E-state index in [9.17, 15) is 0 Å². The Balaban J connectivity index is 2.05. The second-order valence-electron chi connectivity index (χ2n) is 4.33. The summed E-state index contributed by atoms with van der Waals surface area (Å²) in [7, 11) is 1.70. The molecule has 3 heteroatoms. The van der Waals surface area contributed by atoms with E-state index in [0.717, 1.165) is 25.0 Å². The Kier molecular flexibility index (Phi) is 2.37. The van der Waals surface area contributed by atoms with Crippen LogP contribution < -0.4 is 4.74 Å². The van der Waals surface area contributed by atoms with Crippen LogP contribution in [0.2, 0.25) is 0 Å². The smallest absolute Gasteiger partial charge is 0.195 e. The van der Waals surface area contributed by atoms with Crippen molar-refractivity contribution in [2.24, 2.45) is 0 Å². The van der Waals surface area contributed by atoms with Gasteiger partial charge >= 0.3 is 0 Å². The first-order valence-electron chi connectivity index (χ1n) is 5.79. The summed E-state index contributed by atoms with van der Waals surface area (Å²) in [6.07, 6.45) is 3.16. The zero-order valence-corrected chi connectivity index (χ0v) is 9.49. The van der Waals surface area contributed by atoms with E-state index < -0.39 is 5.79 Å². The van der Waals surface area contributed by atoms with Crippen molar-refractivity contribution < 1.29 is 14.2 Å². The number of aryl methyl sites for hydroxylation is 1. The van der Waals surface area contributed by atoms with Gasteiger partial charge < -0.3 is 14.2 Å². The van der Waals surface area contributed by atoms with Gasteiger partial charge in [-0.25, -0.2) is 0 Å². The largest absolute Gasteiger partial charge is 0.497 e. The van der Waals surface area contributed by atoms with Crippen LogP contribution in [-0.4, -0.2) is 20.3 Å². The van der Waals surface area contributed by atoms with Crippen LogP contribution in [0.5, 0.6) is 5.75 Å². The van der Waals surface area contributed by atoms with Gasteiger partial charge in [-0.1, -0.05) is 0 Å². The van der Waals surface area contributed by atoms with E-state index in [1.54, 1.807) is 7.11 Å². The second kappa shape index (κ2) is 3.75. The monoisotopic (exact) mass is 220 g/mol. The van der Waals surface area contributed by atoms with E-state index in [2.05, 4.69) is 12.1 Å². The van der Waals surface area contributed by atoms with Gasteiger partial charge in [-0.3, -0.25) is 0 Å². The number of hydrogen-bond donors (Lipinski definition) is 0. The summed E-state index contributed by atoms with van der Waals surface area (Å²) in [5.74, 6) is 0.452. The molecule has 1 saturated heterocycles. The summed E-state index contributed by atoms with van der Waals surface area (Å²) in [6, 6.07) is 6.16. The summed E-state index contributed by atoms with van der Waals surface area (Å²) >= 11 is 0. The van der Waals surface area contributed by atoms with Gasteiger partial charge in [0.1, 0.15) is 5.75 Å². The molecule has 86 valence electrons. The third-order valence-corrected chi connectivity index (χ3v) is 3.43. The molecule has 1 heterocycles. The molecule has 2 aliphatic rings. The van der Waals surface area contributed by atoms with E-state index in [4.69, 9.17) is 14.2 Å². The quantitative estimate of drug-likeness (QED) is 0.726. The first-order chi connectivity index (χ1) is 7.84. The number of rotatable bonds is 1. The van der Waals surface area contributed by atoms with Gasteiger partial charge in [0, 0.05) is 12.0 Å². The molecule has 0 amide bonds. The molecule has 0 saturated carbocycles. The second-order valence-corrected chi connectivity index (χ2v) is 4.33. The molecule has 3 rings (SSSR count). The number of hydrogen-bond acceptors (Lipinski definition) is 3. The van der Waals surface area contributed by atoms with Crippen molar-refractivity contribution in [3.8, 4) is 5.75 Å². The first-order valence-corrected chi connectivity index (χ1v) is 5.79. The van der Waals surface area contributed by atoms with Crippen LogP contribution >= 0.6 is 0 Å². The van der Waals surface area contributed by atoms with E-state index in [1.807, 2.05) is 6.07 Å². The zero-order chi connectivity index (χ0) is 11.0. The fourth-order valence-electron chi connectivity index (χ4n) is 2.68. The third kappa shape index (κ3) is 1.43. The minimum absolute atomic E-state index is 0.458. The average molecular weight is 220 g/mol. The van der Waals surface area contributed by atoms with Gasteiger partial charge in [0.15, 0.2) is 5.79 Å². The molecule has 0 unspecified atom stereocenters. The lowest BCUT2D eigenvalue weighted by Crippen LogP contribution is -2.31. The van der Waals surface area contributed by atoms with Crippen molar-refractivity contribution in [1.29, 1.82) is 0 Å². The van der Waals surface area contributed by atoms with E-state index in [-0.39, 0.29) is 0 Å². The number of ether oxygens (including phenoxy) is 3. The fraction of sp³-hybridized carbons (Fsp3) is 0.538. The Bertz CT molecular complexity index is 394. The maximum atomic E-state index is 5.82. The third-order valence-electron chi connectivity index (χ3n) is 3.43. The van der Waals surface area contributed by atoms with Crippen LogP contribution in [0.1, 0.15) is 24.0 Å². The summed E-state index contributed by atoms with van der Waals surface area (Å²) in [5.41, 5.74) is 2.49. The van der Waals surface area contributed by atoms with Gasteiger partial charge in [0.2, 0.25) is 0 Å². The molecule has 0 atom stereocenters. The Labute approximate surface area is 95.3 Å². The molecule has 1 aromatic carbocycles. The van der Waals surface area contributed by atoms with Crippen LogP contribution in [0.4, 0.5) is 0 Å². The highest BCUT2D eigenvalue weighted by molar-refractivity contribution is 5.40. The molecular formula is C13H16O3. The van der Waals surface area contributed by atoms with Crippen molar-refractivity contribution in [2.45, 2.75) is 25.0 Å². The lowest BCUT2D eigenvalue weighted by atomic mass is 9.86. The van der Waals surface area contributed by atoms with E-state index >= 15 is 0 Å². The van der Waals surface area contributed by atoms with Crippen molar-refractivity contribution in [2.75, 3.05) is 20.3 Å². The van der Waals surface area contributed by atoms with Crippen molar-refractivity contribution in [3.05, 3.63) is 29.3 Å². The highest BCUT2D eigenvalue weighted by atomic mass is 16.7. The molecule has 16 heavy (non-hydrogen) atoms. The highest BCUT2D eigenvalue weighted by Crippen LogP contribution is 2.42. The average Bonchev–Trinajstić information content (AvgIpc) is 2.78. The standard InChI is InChI=1S/C13H16O3/c1-14-11-4-5-12-10(9-11)3-2-6-13(12)15-7-8-16-13/h4-5,9H,2-3,6-8H2,1H3. The minimum Gasteiger partial charge on any atom is -0.497 e. The molecule has 0 aromatic heterocycles. The lowest BCUT2D eigenvalue weighted by Gasteiger charge is -2.33. The molecule has 3 nitrogen and oxygen atoms in total. The maximum absolute atomic E-state index is 5.82. The number of fused-ring (bicyclic) bond motifs is 2. The van der Waals surface area contributed by atoms with E-state index in [0.29, 0.717) is 13.2 Å². The summed E-state index contributed by atoms with van der Waals surface area (Å²) in [4.78, 5) is 0. The first kappa shape index (κ1) is 10.1. The molecule has 1 spiro atoms. The molecule has 0 bridgehead atoms. The van der Waals surface area contributed by atoms with Crippen LogP contribution in [0.3, 0.4) is 0 Å². The normalized spacial score (nSPS) is 22.1. The van der Waals surface area contributed by atoms with Gasteiger partial charge in [-0.05, 0) is 36.6 Å². The highest BCUT2D eigenvalue weighted by Gasteiger charge is 2.41. The van der Waals surface area contributed by atoms with E-state index in [1.165, 1.54) is 11.1 Å². The van der Waals surface area contributed by atoms with Crippen LogP contribution in [-0.2, 0) is 21.7 Å². The van der Waals surface area contributed by atoms with Crippen LogP contribution in [0, 0.1) is 0 Å². The van der Waals surface area contributed by atoms with Crippen LogP contribution in [0.25, 0.3) is 0 Å². The summed E-state index contributed by atoms with van der Waals surface area (Å²) in [6.45, 7) is 1.40. The van der Waals surface area contributed by atoms with Gasteiger partial charge in [0.25, 0.3) is 0 Å². The SMILES string of the molecule is COc1ccc2c(c1)CCCC21OCCO1. The Hall–Kier alpha value is -1.06. The summed E-state index contributed by atoms with van der Waals surface area (Å²) < 4.78 is 16.9. The Morgan fingerprint density at radius 1 is 1.25 bits per heavy atom. The van der Waals surface area contributed by atoms with Gasteiger partial charge in [-0.2, -0.15) is 0 Å². The Morgan fingerprint density at radius 2 is 2.06 bits per heavy atom. The predicted octanol–water partition coefficient (Wildman–Crippen LogP) is 2.23. The number of benzene rings is 1. The predicted molar refractivity (Wildman–Crippen MR) is 59.5 cm³/mol. The zero-order valence-electron chi connectivity index (χ0n) is 9.49. The minimum atomic E-state index is -0.458. The molecular weight excluding hydrogens is 204 g/mol. The topological polar surface area (TPSA) is 27.7 Å². The molecule has 1 fully saturated rings. The van der Waals surface area contributed by atoms with Crippen molar-refractivity contribution in [1.82, 2.24) is 0 Å². The van der Waals surface area contributed by atoms with Crippen LogP contribution in [0.15, 0.2) is 18.2 Å². The van der Waals surface area contributed by atoms with Crippen molar-refractivity contribution >= 4 is 0 Å². The number of methoxy groups -OCH3 is 1. The molecule has 1 aliphatic heterocycles. The maximum Gasteiger partial charge on any atom is 0.195 e. The van der Waals surface area contributed by atoms with Gasteiger partial charge in [0.05, 0.1) is 20.3 Å². The summed E-state index contributed by atoms with van der Waals surface area (Å²) in [5, 5.41) is 0. The fourth-order valence-corrected chi connectivity index (χ4v) is 2.68. The van der Waals surface area contributed by atoms with Gasteiger partial charge in [-0.15, -0.1) is 0 Å².